The molecule has 0 fully saturated rings. The summed E-state index contributed by atoms with van der Waals surface area (Å²) >= 11 is 1.88. The highest BCUT2D eigenvalue weighted by Crippen LogP contribution is 2.13. The van der Waals surface area contributed by atoms with Crippen molar-refractivity contribution < 1.29 is 9.53 Å². The lowest BCUT2D eigenvalue weighted by Crippen LogP contribution is -2.33. The SMILES string of the molecule is Cc1ccc(CSCCCNC(=O)OC(C)(C)C)cc1. The zero-order chi connectivity index (χ0) is 15.0. The first-order chi connectivity index (χ1) is 9.37. The molecule has 1 aromatic carbocycles. The van der Waals surface area contributed by atoms with E-state index in [0.29, 0.717) is 6.54 Å². The van der Waals surface area contributed by atoms with Crippen LogP contribution in [0.2, 0.25) is 0 Å². The number of hydrogen-bond acceptors (Lipinski definition) is 3. The minimum absolute atomic E-state index is 0.332. The van der Waals surface area contributed by atoms with E-state index in [1.165, 1.54) is 11.1 Å². The third-order valence-electron chi connectivity index (χ3n) is 2.52. The highest BCUT2D eigenvalue weighted by Gasteiger charge is 2.15. The lowest BCUT2D eigenvalue weighted by Gasteiger charge is -2.19. The lowest BCUT2D eigenvalue weighted by molar-refractivity contribution is 0.0528. The van der Waals surface area contributed by atoms with Crippen LogP contribution in [0.4, 0.5) is 4.79 Å². The molecule has 20 heavy (non-hydrogen) atoms. The van der Waals surface area contributed by atoms with E-state index < -0.39 is 5.60 Å². The summed E-state index contributed by atoms with van der Waals surface area (Å²) in [5, 5.41) is 2.77. The largest absolute Gasteiger partial charge is 0.444 e. The third-order valence-corrected chi connectivity index (χ3v) is 3.64. The van der Waals surface area contributed by atoms with Crippen LogP contribution in [0.25, 0.3) is 0 Å². The van der Waals surface area contributed by atoms with Crippen LogP contribution in [-0.4, -0.2) is 24.0 Å². The molecule has 4 heteroatoms. The molecule has 0 radical (unpaired) electrons. The van der Waals surface area contributed by atoms with Gasteiger partial charge in [0.15, 0.2) is 0 Å². The number of hydrogen-bond donors (Lipinski definition) is 1. The van der Waals surface area contributed by atoms with Gasteiger partial charge >= 0.3 is 6.09 Å². The molecule has 0 unspecified atom stereocenters. The fraction of sp³-hybridized carbons (Fsp3) is 0.562. The van der Waals surface area contributed by atoms with Gasteiger partial charge in [0.05, 0.1) is 0 Å². The van der Waals surface area contributed by atoms with E-state index in [4.69, 9.17) is 4.74 Å². The van der Waals surface area contributed by atoms with E-state index in [2.05, 4.69) is 36.5 Å². The number of ether oxygens (including phenoxy) is 1. The van der Waals surface area contributed by atoms with Crippen molar-refractivity contribution in [2.75, 3.05) is 12.3 Å². The van der Waals surface area contributed by atoms with Gasteiger partial charge in [0.2, 0.25) is 0 Å². The predicted molar refractivity (Wildman–Crippen MR) is 86.2 cm³/mol. The zero-order valence-corrected chi connectivity index (χ0v) is 13.7. The summed E-state index contributed by atoms with van der Waals surface area (Å²) in [6, 6.07) is 8.61. The Labute approximate surface area is 126 Å². The molecule has 0 saturated heterocycles. The summed E-state index contributed by atoms with van der Waals surface area (Å²) in [6.07, 6.45) is 0.622. The van der Waals surface area contributed by atoms with Crippen LogP contribution >= 0.6 is 11.8 Å². The molecule has 0 aliphatic rings. The molecule has 1 rings (SSSR count). The molecule has 0 heterocycles. The van der Waals surface area contributed by atoms with Gasteiger partial charge in [0.25, 0.3) is 0 Å². The highest BCUT2D eigenvalue weighted by molar-refractivity contribution is 7.98. The Kier molecular flexibility index (Phi) is 6.93. The molecule has 0 atom stereocenters. The maximum absolute atomic E-state index is 11.4. The van der Waals surface area contributed by atoms with Crippen LogP contribution in [0.3, 0.4) is 0 Å². The van der Waals surface area contributed by atoms with E-state index in [1.807, 2.05) is 32.5 Å². The number of carbonyl (C=O) groups excluding carboxylic acids is 1. The van der Waals surface area contributed by atoms with Gasteiger partial charge in [-0.25, -0.2) is 4.79 Å². The Morgan fingerprint density at radius 2 is 1.90 bits per heavy atom. The standard InChI is InChI=1S/C16H25NO2S/c1-13-6-8-14(9-7-13)12-20-11-5-10-17-15(18)19-16(2,3)4/h6-9H,5,10-12H2,1-4H3,(H,17,18). The van der Waals surface area contributed by atoms with Gasteiger partial charge in [-0.15, -0.1) is 0 Å². The number of benzene rings is 1. The van der Waals surface area contributed by atoms with Crippen LogP contribution in [0.5, 0.6) is 0 Å². The van der Waals surface area contributed by atoms with Crippen molar-refractivity contribution in [1.29, 1.82) is 0 Å². The van der Waals surface area contributed by atoms with Crippen molar-refractivity contribution in [1.82, 2.24) is 5.32 Å². The molecule has 112 valence electrons. The first-order valence-corrected chi connectivity index (χ1v) is 8.12. The number of amides is 1. The monoisotopic (exact) mass is 295 g/mol. The number of aryl methyl sites for hydroxylation is 1. The maximum Gasteiger partial charge on any atom is 0.407 e. The Hall–Kier alpha value is -1.16. The van der Waals surface area contributed by atoms with Crippen LogP contribution < -0.4 is 5.32 Å². The molecule has 1 N–H and O–H groups in total. The number of nitrogens with one attached hydrogen (secondary N) is 1. The normalized spacial score (nSPS) is 11.2. The Balaban J connectivity index is 2.05. The summed E-state index contributed by atoms with van der Waals surface area (Å²) in [5.74, 6) is 2.05. The van der Waals surface area contributed by atoms with Crippen LogP contribution in [-0.2, 0) is 10.5 Å². The lowest BCUT2D eigenvalue weighted by atomic mass is 10.2. The predicted octanol–water partition coefficient (Wildman–Crippen LogP) is 4.14. The Morgan fingerprint density at radius 1 is 1.25 bits per heavy atom. The van der Waals surface area contributed by atoms with Gasteiger partial charge in [-0.2, -0.15) is 11.8 Å². The van der Waals surface area contributed by atoms with Gasteiger partial charge in [-0.1, -0.05) is 29.8 Å². The van der Waals surface area contributed by atoms with Gasteiger partial charge in [-0.3, -0.25) is 0 Å². The number of thioether (sulfide) groups is 1. The number of carbonyl (C=O) groups is 1. The molecule has 0 aliphatic heterocycles. The van der Waals surface area contributed by atoms with Gasteiger partial charge in [0.1, 0.15) is 5.60 Å². The summed E-state index contributed by atoms with van der Waals surface area (Å²) < 4.78 is 5.17. The van der Waals surface area contributed by atoms with E-state index in [0.717, 1.165) is 17.9 Å². The molecule has 0 aliphatic carbocycles. The quantitative estimate of drug-likeness (QED) is 0.801. The fourth-order valence-corrected chi connectivity index (χ4v) is 2.47. The smallest absolute Gasteiger partial charge is 0.407 e. The van der Waals surface area contributed by atoms with E-state index in [1.54, 1.807) is 0 Å². The first kappa shape index (κ1) is 16.9. The molecule has 0 spiro atoms. The minimum atomic E-state index is -0.426. The molecule has 0 bridgehead atoms. The highest BCUT2D eigenvalue weighted by atomic mass is 32.2. The minimum Gasteiger partial charge on any atom is -0.444 e. The fourth-order valence-electron chi connectivity index (χ4n) is 1.55. The first-order valence-electron chi connectivity index (χ1n) is 6.97. The Bertz CT molecular complexity index is 409. The Morgan fingerprint density at radius 3 is 2.50 bits per heavy atom. The molecular formula is C16H25NO2S. The van der Waals surface area contributed by atoms with Crippen LogP contribution in [0.15, 0.2) is 24.3 Å². The molecule has 1 amide bonds. The third kappa shape index (κ3) is 8.10. The maximum atomic E-state index is 11.4. The van der Waals surface area contributed by atoms with Gasteiger partial charge in [0, 0.05) is 12.3 Å². The summed E-state index contributed by atoms with van der Waals surface area (Å²) in [7, 11) is 0. The molecule has 0 aromatic heterocycles. The van der Waals surface area contributed by atoms with E-state index >= 15 is 0 Å². The molecule has 1 aromatic rings. The van der Waals surface area contributed by atoms with Crippen LogP contribution in [0, 0.1) is 6.92 Å². The summed E-state index contributed by atoms with van der Waals surface area (Å²) in [5.41, 5.74) is 2.21. The number of alkyl carbamates (subject to hydrolysis) is 1. The molecule has 0 saturated carbocycles. The van der Waals surface area contributed by atoms with Crippen molar-refractivity contribution >= 4 is 17.9 Å². The molecular weight excluding hydrogens is 270 g/mol. The van der Waals surface area contributed by atoms with Crippen molar-refractivity contribution in [3.63, 3.8) is 0 Å². The second-order valence-electron chi connectivity index (χ2n) is 5.82. The van der Waals surface area contributed by atoms with E-state index in [-0.39, 0.29) is 6.09 Å². The zero-order valence-electron chi connectivity index (χ0n) is 12.9. The average molecular weight is 295 g/mol. The van der Waals surface area contributed by atoms with Gasteiger partial charge in [-0.05, 0) is 45.4 Å². The van der Waals surface area contributed by atoms with Crippen molar-refractivity contribution in [2.24, 2.45) is 0 Å². The topological polar surface area (TPSA) is 38.3 Å². The van der Waals surface area contributed by atoms with E-state index in [9.17, 15) is 4.79 Å². The number of rotatable bonds is 6. The summed E-state index contributed by atoms with van der Waals surface area (Å²) in [4.78, 5) is 11.4. The van der Waals surface area contributed by atoms with Crippen molar-refractivity contribution in [3.8, 4) is 0 Å². The van der Waals surface area contributed by atoms with Crippen LogP contribution in [0.1, 0.15) is 38.3 Å². The average Bonchev–Trinajstić information content (AvgIpc) is 2.33. The second kappa shape index (κ2) is 8.20. The molecule has 3 nitrogen and oxygen atoms in total. The van der Waals surface area contributed by atoms with Gasteiger partial charge < -0.3 is 10.1 Å². The van der Waals surface area contributed by atoms with Crippen molar-refractivity contribution in [2.45, 2.75) is 45.5 Å². The second-order valence-corrected chi connectivity index (χ2v) is 6.93. The summed E-state index contributed by atoms with van der Waals surface area (Å²) in [6.45, 7) is 8.35. The van der Waals surface area contributed by atoms with Crippen molar-refractivity contribution in [3.05, 3.63) is 35.4 Å².